The summed E-state index contributed by atoms with van der Waals surface area (Å²) in [6.07, 6.45) is 2.08. The van der Waals surface area contributed by atoms with Crippen LogP contribution in [0.25, 0.3) is 0 Å². The third kappa shape index (κ3) is 6.68. The maximum Gasteiger partial charge on any atom is 0.244 e. The standard InChI is InChI=1S/C22H37N5O2S/c1-4-23-22(24-14-19(13-17(2)3)26-8-10-29-11-9-26)25-15-21(28)27-7-5-20-18(16-27)6-12-30-20/h6,12,17,19H,4-5,7-11,13-16H2,1-3H3,(H2,23,24,25). The van der Waals surface area contributed by atoms with Crippen LogP contribution in [0.1, 0.15) is 37.6 Å². The lowest BCUT2D eigenvalue weighted by atomic mass is 10.0. The normalized spacial score (nSPS) is 18.9. The number of hydrogen-bond donors (Lipinski definition) is 2. The highest BCUT2D eigenvalue weighted by atomic mass is 32.1. The van der Waals surface area contributed by atoms with Gasteiger partial charge in [-0.2, -0.15) is 0 Å². The molecule has 0 spiro atoms. The lowest BCUT2D eigenvalue weighted by molar-refractivity contribution is -0.130. The van der Waals surface area contributed by atoms with Crippen molar-refractivity contribution >= 4 is 23.2 Å². The minimum absolute atomic E-state index is 0.0935. The summed E-state index contributed by atoms with van der Waals surface area (Å²) in [6.45, 7) is 13.4. The first-order chi connectivity index (χ1) is 14.6. The third-order valence-electron chi connectivity index (χ3n) is 5.69. The van der Waals surface area contributed by atoms with E-state index in [9.17, 15) is 4.79 Å². The summed E-state index contributed by atoms with van der Waals surface area (Å²) >= 11 is 1.79. The zero-order chi connectivity index (χ0) is 21.3. The number of morpholine rings is 1. The van der Waals surface area contributed by atoms with E-state index in [-0.39, 0.29) is 12.5 Å². The maximum absolute atomic E-state index is 12.7. The molecule has 3 rings (SSSR count). The molecule has 1 atom stereocenters. The van der Waals surface area contributed by atoms with Gasteiger partial charge in [0.25, 0.3) is 0 Å². The molecule has 2 aliphatic rings. The Bertz CT molecular complexity index is 699. The Morgan fingerprint density at radius 1 is 1.27 bits per heavy atom. The van der Waals surface area contributed by atoms with Crippen molar-refractivity contribution < 1.29 is 9.53 Å². The number of aliphatic imine (C=N–C) groups is 1. The number of amides is 1. The smallest absolute Gasteiger partial charge is 0.244 e. The van der Waals surface area contributed by atoms with Gasteiger partial charge in [-0.25, -0.2) is 4.99 Å². The van der Waals surface area contributed by atoms with Gasteiger partial charge in [-0.1, -0.05) is 13.8 Å². The molecule has 1 aromatic rings. The van der Waals surface area contributed by atoms with Crippen LogP contribution in [-0.2, 0) is 22.5 Å². The molecule has 1 fully saturated rings. The molecule has 8 heteroatoms. The minimum atomic E-state index is 0.0935. The summed E-state index contributed by atoms with van der Waals surface area (Å²) < 4.78 is 5.52. The van der Waals surface area contributed by atoms with Crippen molar-refractivity contribution in [2.45, 2.75) is 46.2 Å². The molecule has 1 saturated heterocycles. The molecule has 0 aliphatic carbocycles. The average Bonchev–Trinajstić information content (AvgIpc) is 3.22. The molecule has 1 aromatic heterocycles. The van der Waals surface area contributed by atoms with Crippen molar-refractivity contribution in [3.63, 3.8) is 0 Å². The van der Waals surface area contributed by atoms with Gasteiger partial charge in [-0.05, 0) is 42.7 Å². The second-order valence-corrected chi connectivity index (χ2v) is 9.44. The van der Waals surface area contributed by atoms with Crippen LogP contribution in [0.15, 0.2) is 16.4 Å². The van der Waals surface area contributed by atoms with Crippen molar-refractivity contribution in [3.8, 4) is 0 Å². The topological polar surface area (TPSA) is 69.2 Å². The molecular formula is C22H37N5O2S. The Morgan fingerprint density at radius 2 is 2.07 bits per heavy atom. The van der Waals surface area contributed by atoms with Crippen LogP contribution < -0.4 is 10.6 Å². The molecule has 7 nitrogen and oxygen atoms in total. The summed E-state index contributed by atoms with van der Waals surface area (Å²) in [6, 6.07) is 2.57. The summed E-state index contributed by atoms with van der Waals surface area (Å²) in [5.74, 6) is 1.44. The van der Waals surface area contributed by atoms with E-state index in [1.165, 1.54) is 10.4 Å². The van der Waals surface area contributed by atoms with Crippen molar-refractivity contribution in [1.29, 1.82) is 0 Å². The summed E-state index contributed by atoms with van der Waals surface area (Å²) in [4.78, 5) is 23.2. The first kappa shape index (κ1) is 23.0. The molecule has 0 saturated carbocycles. The number of hydrogen-bond acceptors (Lipinski definition) is 5. The van der Waals surface area contributed by atoms with Crippen molar-refractivity contribution in [2.24, 2.45) is 10.9 Å². The van der Waals surface area contributed by atoms with Crippen molar-refractivity contribution in [1.82, 2.24) is 20.4 Å². The highest BCUT2D eigenvalue weighted by Crippen LogP contribution is 2.23. The number of thiophene rings is 1. The highest BCUT2D eigenvalue weighted by molar-refractivity contribution is 7.10. The zero-order valence-corrected chi connectivity index (χ0v) is 19.5. The molecular weight excluding hydrogens is 398 g/mol. The zero-order valence-electron chi connectivity index (χ0n) is 18.7. The first-order valence-corrected chi connectivity index (χ1v) is 12.1. The Morgan fingerprint density at radius 3 is 2.80 bits per heavy atom. The van der Waals surface area contributed by atoms with Gasteiger partial charge in [0.05, 0.1) is 13.2 Å². The molecule has 0 bridgehead atoms. The minimum Gasteiger partial charge on any atom is -0.379 e. The van der Waals surface area contributed by atoms with E-state index in [1.807, 2.05) is 4.90 Å². The second kappa shape index (κ2) is 11.7. The fourth-order valence-electron chi connectivity index (χ4n) is 4.11. The SMILES string of the molecule is CCNC(=NCC(=O)N1CCc2sccc2C1)NCC(CC(C)C)N1CCOCC1. The number of nitrogens with zero attached hydrogens (tertiary/aromatic N) is 3. The molecule has 1 unspecified atom stereocenters. The third-order valence-corrected chi connectivity index (χ3v) is 6.71. The van der Waals surface area contributed by atoms with E-state index in [4.69, 9.17) is 4.74 Å². The second-order valence-electron chi connectivity index (χ2n) is 8.44. The van der Waals surface area contributed by atoms with Crippen LogP contribution in [-0.4, -0.2) is 80.2 Å². The van der Waals surface area contributed by atoms with E-state index in [1.54, 1.807) is 11.3 Å². The molecule has 2 N–H and O–H groups in total. The quantitative estimate of drug-likeness (QED) is 0.482. The van der Waals surface area contributed by atoms with Gasteiger partial charge in [0, 0.05) is 50.2 Å². The molecule has 1 amide bonds. The van der Waals surface area contributed by atoms with E-state index in [0.29, 0.717) is 18.5 Å². The maximum atomic E-state index is 12.7. The van der Waals surface area contributed by atoms with Gasteiger partial charge in [0.1, 0.15) is 6.54 Å². The van der Waals surface area contributed by atoms with Gasteiger partial charge < -0.3 is 20.3 Å². The lowest BCUT2D eigenvalue weighted by Crippen LogP contribution is -2.51. The van der Waals surface area contributed by atoms with Gasteiger partial charge in [-0.15, -0.1) is 11.3 Å². The van der Waals surface area contributed by atoms with Gasteiger partial charge in [-0.3, -0.25) is 9.69 Å². The molecule has 30 heavy (non-hydrogen) atoms. The van der Waals surface area contributed by atoms with E-state index in [2.05, 4.69) is 52.7 Å². The number of rotatable bonds is 8. The van der Waals surface area contributed by atoms with E-state index in [0.717, 1.165) is 64.7 Å². The monoisotopic (exact) mass is 435 g/mol. The number of nitrogens with one attached hydrogen (secondary N) is 2. The van der Waals surface area contributed by atoms with Crippen LogP contribution >= 0.6 is 11.3 Å². The van der Waals surface area contributed by atoms with E-state index >= 15 is 0 Å². The van der Waals surface area contributed by atoms with Crippen LogP contribution in [0.2, 0.25) is 0 Å². The average molecular weight is 436 g/mol. The predicted octanol–water partition coefficient (Wildman–Crippen LogP) is 1.93. The number of carbonyl (C=O) groups is 1. The Labute approximate surface area is 184 Å². The highest BCUT2D eigenvalue weighted by Gasteiger charge is 2.23. The molecule has 0 radical (unpaired) electrons. The lowest BCUT2D eigenvalue weighted by Gasteiger charge is -2.35. The number of ether oxygens (including phenoxy) is 1. The van der Waals surface area contributed by atoms with Crippen LogP contribution in [0.4, 0.5) is 0 Å². The molecule has 0 aromatic carbocycles. The number of guanidine groups is 1. The van der Waals surface area contributed by atoms with Crippen LogP contribution in [0, 0.1) is 5.92 Å². The summed E-state index contributed by atoms with van der Waals surface area (Å²) in [5, 5.41) is 8.89. The fraction of sp³-hybridized carbons (Fsp3) is 0.727. The Balaban J connectivity index is 1.54. The largest absolute Gasteiger partial charge is 0.379 e. The van der Waals surface area contributed by atoms with Crippen molar-refractivity contribution in [3.05, 3.63) is 21.9 Å². The molecule has 3 heterocycles. The van der Waals surface area contributed by atoms with E-state index < -0.39 is 0 Å². The molecule has 168 valence electrons. The fourth-order valence-corrected chi connectivity index (χ4v) is 5.00. The Hall–Kier alpha value is -1.64. The number of carbonyl (C=O) groups excluding carboxylic acids is 1. The van der Waals surface area contributed by atoms with Gasteiger partial charge in [0.2, 0.25) is 5.91 Å². The summed E-state index contributed by atoms with van der Waals surface area (Å²) in [7, 11) is 0. The summed E-state index contributed by atoms with van der Waals surface area (Å²) in [5.41, 5.74) is 1.29. The van der Waals surface area contributed by atoms with Crippen LogP contribution in [0.5, 0.6) is 0 Å². The van der Waals surface area contributed by atoms with Crippen LogP contribution in [0.3, 0.4) is 0 Å². The molecule has 2 aliphatic heterocycles. The Kier molecular flexibility index (Phi) is 8.96. The number of fused-ring (bicyclic) bond motifs is 1. The van der Waals surface area contributed by atoms with Crippen molar-refractivity contribution in [2.75, 3.05) is 52.5 Å². The predicted molar refractivity (Wildman–Crippen MR) is 123 cm³/mol. The van der Waals surface area contributed by atoms with Gasteiger partial charge in [0.15, 0.2) is 5.96 Å². The first-order valence-electron chi connectivity index (χ1n) is 11.2. The van der Waals surface area contributed by atoms with Gasteiger partial charge >= 0.3 is 0 Å².